The minimum absolute atomic E-state index is 0.166. The second-order valence-corrected chi connectivity index (χ2v) is 12.8. The first-order chi connectivity index (χ1) is 12.1. The molecule has 16 heteroatoms. The minimum Gasteiger partial charge on any atom is -0.244 e. The van der Waals surface area contributed by atoms with Crippen LogP contribution in [0.5, 0.6) is 0 Å². The van der Waals surface area contributed by atoms with Gasteiger partial charge in [0.05, 0.1) is 11.3 Å². The van der Waals surface area contributed by atoms with Crippen LogP contribution in [0, 0.1) is 0 Å². The second-order valence-electron chi connectivity index (χ2n) is 4.57. The van der Waals surface area contributed by atoms with Crippen molar-refractivity contribution in [2.24, 2.45) is 0 Å². The van der Waals surface area contributed by atoms with Gasteiger partial charge in [0.2, 0.25) is 0 Å². The fraction of sp³-hybridized carbons (Fsp3) is 0.273. The molecule has 0 radical (unpaired) electrons. The van der Waals surface area contributed by atoms with Gasteiger partial charge in [-0.05, 0) is 24.3 Å². The van der Waals surface area contributed by atoms with E-state index in [4.69, 9.17) is 69.6 Å². The van der Waals surface area contributed by atoms with Crippen LogP contribution in [0.3, 0.4) is 0 Å². The van der Waals surface area contributed by atoms with Gasteiger partial charge in [-0.3, -0.25) is 0 Å². The van der Waals surface area contributed by atoms with Crippen molar-refractivity contribution >= 4 is 93.5 Å². The van der Waals surface area contributed by atoms with Gasteiger partial charge in [-0.1, -0.05) is 69.6 Å². The fourth-order valence-electron chi connectivity index (χ4n) is 1.78. The molecule has 0 saturated carbocycles. The van der Waals surface area contributed by atoms with Gasteiger partial charge in [-0.25, -0.2) is 14.2 Å². The average molecular weight is 544 g/mol. The van der Waals surface area contributed by atoms with Crippen LogP contribution in [0.25, 0.3) is 5.69 Å². The summed E-state index contributed by atoms with van der Waals surface area (Å²) in [5.41, 5.74) is -3.22. The van der Waals surface area contributed by atoms with E-state index in [1.54, 1.807) is 0 Å². The quantitative estimate of drug-likeness (QED) is 0.482. The largest absolute Gasteiger partial charge is 0.416 e. The lowest BCUT2D eigenvalue weighted by molar-refractivity contribution is -0.137. The van der Waals surface area contributed by atoms with E-state index in [0.717, 1.165) is 12.1 Å². The van der Waals surface area contributed by atoms with Gasteiger partial charge < -0.3 is 0 Å². The van der Waals surface area contributed by atoms with Crippen molar-refractivity contribution in [3.8, 4) is 5.69 Å². The van der Waals surface area contributed by atoms with Crippen molar-refractivity contribution in [2.75, 3.05) is 0 Å². The summed E-state index contributed by atoms with van der Waals surface area (Å²) in [6.45, 7) is 0. The molecule has 0 N–H and O–H groups in total. The summed E-state index contributed by atoms with van der Waals surface area (Å²) in [5, 5.41) is 0. The van der Waals surface area contributed by atoms with Gasteiger partial charge in [0.15, 0.2) is 0 Å². The molecule has 0 unspecified atom stereocenters. The molecule has 0 aliphatic heterocycles. The summed E-state index contributed by atoms with van der Waals surface area (Å²) >= 11 is 34.4. The molecule has 2 aromatic rings. The zero-order valence-electron chi connectivity index (χ0n) is 12.2. The van der Waals surface area contributed by atoms with Gasteiger partial charge >= 0.3 is 17.6 Å². The minimum atomic E-state index is -4.59. The van der Waals surface area contributed by atoms with Crippen molar-refractivity contribution in [1.29, 1.82) is 0 Å². The Kier molecular flexibility index (Phi) is 7.07. The van der Waals surface area contributed by atoms with Crippen molar-refractivity contribution in [3.05, 3.63) is 50.8 Å². The van der Waals surface area contributed by atoms with E-state index in [1.165, 1.54) is 0 Å². The standard InChI is InChI=1S/C11H4Cl6F3N3O2S2/c12-10(13,14)26-22-7(24)21(8(25)23(22)27-11(15,16)17)6-3-1-5(2-4-6)9(18,19)20/h1-4H. The van der Waals surface area contributed by atoms with Gasteiger partial charge in [-0.2, -0.15) is 21.3 Å². The zero-order chi connectivity index (χ0) is 20.8. The fourth-order valence-corrected chi connectivity index (χ4v) is 4.15. The van der Waals surface area contributed by atoms with Gasteiger partial charge in [0.25, 0.3) is 6.25 Å². The Hall–Kier alpha value is 0.190. The maximum Gasteiger partial charge on any atom is 0.416 e. The molecule has 0 amide bonds. The Morgan fingerprint density at radius 1 is 0.741 bits per heavy atom. The first-order valence-corrected chi connectivity index (χ1v) is 10.1. The molecule has 0 fully saturated rings. The number of alkyl halides is 9. The topological polar surface area (TPSA) is 48.9 Å². The number of nitrogens with zero attached hydrogens (tertiary/aromatic N) is 3. The Morgan fingerprint density at radius 2 is 1.11 bits per heavy atom. The van der Waals surface area contributed by atoms with Crippen LogP contribution in [0.1, 0.15) is 5.56 Å². The summed E-state index contributed by atoms with van der Waals surface area (Å²) in [6, 6.07) is 3.26. The molecule has 0 aliphatic carbocycles. The van der Waals surface area contributed by atoms with Crippen LogP contribution in [0.15, 0.2) is 33.9 Å². The summed E-state index contributed by atoms with van der Waals surface area (Å²) in [4.78, 5) is 25.2. The molecule has 1 aromatic heterocycles. The molecule has 0 spiro atoms. The highest BCUT2D eigenvalue weighted by Crippen LogP contribution is 2.42. The van der Waals surface area contributed by atoms with Crippen molar-refractivity contribution in [2.45, 2.75) is 12.4 Å². The van der Waals surface area contributed by atoms with E-state index >= 15 is 0 Å². The molecule has 1 heterocycles. The third-order valence-corrected chi connectivity index (χ3v) is 5.45. The zero-order valence-corrected chi connectivity index (χ0v) is 18.4. The molecule has 2 rings (SSSR count). The highest BCUT2D eigenvalue weighted by Gasteiger charge is 2.33. The lowest BCUT2D eigenvalue weighted by Gasteiger charge is -2.14. The van der Waals surface area contributed by atoms with Crippen LogP contribution >= 0.6 is 93.5 Å². The maximum atomic E-state index is 12.7. The average Bonchev–Trinajstić information content (AvgIpc) is 2.68. The summed E-state index contributed by atoms with van der Waals surface area (Å²) in [5.74, 6) is 0. The van der Waals surface area contributed by atoms with Gasteiger partial charge in [0, 0.05) is 23.9 Å². The van der Waals surface area contributed by atoms with E-state index in [0.29, 0.717) is 48.8 Å². The summed E-state index contributed by atoms with van der Waals surface area (Å²) in [6.07, 6.45) is -4.59. The Labute approximate surface area is 187 Å². The van der Waals surface area contributed by atoms with Crippen LogP contribution in [-0.4, -0.2) is 19.0 Å². The molecule has 150 valence electrons. The molecule has 0 bridgehead atoms. The predicted molar refractivity (Wildman–Crippen MR) is 106 cm³/mol. The van der Waals surface area contributed by atoms with E-state index in [1.807, 2.05) is 0 Å². The van der Waals surface area contributed by atoms with Crippen molar-refractivity contribution < 1.29 is 13.2 Å². The van der Waals surface area contributed by atoms with E-state index in [2.05, 4.69) is 0 Å². The Morgan fingerprint density at radius 3 is 1.41 bits per heavy atom. The third kappa shape index (κ3) is 6.08. The highest BCUT2D eigenvalue weighted by atomic mass is 35.6. The smallest absolute Gasteiger partial charge is 0.244 e. The monoisotopic (exact) mass is 541 g/mol. The highest BCUT2D eigenvalue weighted by molar-refractivity contribution is 8.05. The third-order valence-electron chi connectivity index (χ3n) is 2.71. The van der Waals surface area contributed by atoms with Crippen LogP contribution in [-0.2, 0) is 6.18 Å². The lowest BCUT2D eigenvalue weighted by atomic mass is 10.2. The van der Waals surface area contributed by atoms with Crippen molar-refractivity contribution in [3.63, 3.8) is 0 Å². The number of hydrogen-bond acceptors (Lipinski definition) is 4. The Bertz CT molecular complexity index is 896. The molecule has 1 aromatic carbocycles. The number of benzene rings is 1. The molecular formula is C11H4Cl6F3N3O2S2. The number of halogens is 9. The second kappa shape index (κ2) is 8.14. The first-order valence-electron chi connectivity index (χ1n) is 6.27. The maximum absolute atomic E-state index is 12.7. The van der Waals surface area contributed by atoms with Gasteiger partial charge in [0.1, 0.15) is 0 Å². The first kappa shape index (κ1) is 23.5. The number of hydrogen-bond donors (Lipinski definition) is 0. The van der Waals surface area contributed by atoms with Crippen LogP contribution in [0.4, 0.5) is 13.2 Å². The van der Waals surface area contributed by atoms with E-state index in [-0.39, 0.29) is 5.69 Å². The normalized spacial score (nSPS) is 13.2. The van der Waals surface area contributed by atoms with Gasteiger partial charge in [-0.15, -0.1) is 0 Å². The van der Waals surface area contributed by atoms with E-state index < -0.39 is 29.4 Å². The molecule has 0 saturated heterocycles. The molecular weight excluding hydrogens is 540 g/mol. The lowest BCUT2D eigenvalue weighted by Crippen LogP contribution is -2.27. The molecule has 27 heavy (non-hydrogen) atoms. The van der Waals surface area contributed by atoms with E-state index in [9.17, 15) is 22.8 Å². The number of aromatic nitrogens is 3. The number of rotatable bonds is 3. The van der Waals surface area contributed by atoms with Crippen LogP contribution in [0.2, 0.25) is 0 Å². The predicted octanol–water partition coefficient (Wildman–Crippen LogP) is 5.47. The molecule has 0 aliphatic rings. The molecule has 5 nitrogen and oxygen atoms in total. The summed E-state index contributed by atoms with van der Waals surface area (Å²) < 4.78 is 35.7. The molecule has 0 atom stereocenters. The Balaban J connectivity index is 2.66. The summed E-state index contributed by atoms with van der Waals surface area (Å²) in [7, 11) is 0. The SMILES string of the molecule is O=c1n(-c2ccc(C(F)(F)F)cc2)c(=O)n(SC(Cl)(Cl)Cl)n1SC(Cl)(Cl)Cl. The van der Waals surface area contributed by atoms with Crippen molar-refractivity contribution in [1.82, 2.24) is 12.7 Å². The van der Waals surface area contributed by atoms with Crippen LogP contribution < -0.4 is 11.4 Å².